The summed E-state index contributed by atoms with van der Waals surface area (Å²) in [5, 5.41) is 0. The van der Waals surface area contributed by atoms with Gasteiger partial charge in [0.1, 0.15) is 24.4 Å². The van der Waals surface area contributed by atoms with Gasteiger partial charge in [0.25, 0.3) is 0 Å². The highest BCUT2D eigenvalue weighted by Crippen LogP contribution is 2.41. The molecule has 0 aromatic heterocycles. The minimum absolute atomic E-state index is 0.0166. The topological polar surface area (TPSA) is 75.8 Å². The maximum atomic E-state index is 11.9. The van der Waals surface area contributed by atoms with Gasteiger partial charge in [-0.3, -0.25) is 4.79 Å². The molecule has 0 N–H and O–H groups in total. The van der Waals surface area contributed by atoms with Crippen LogP contribution in [-0.2, 0) is 39.8 Å². The molecule has 0 bridgehead atoms. The number of fused-ring (bicyclic) bond motifs is 1. The molecule has 3 aliphatic heterocycles. The fourth-order valence-electron chi connectivity index (χ4n) is 4.45. The molecule has 30 heavy (non-hydrogen) atoms. The quantitative estimate of drug-likeness (QED) is 0.517. The molecule has 7 nitrogen and oxygen atoms in total. The van der Waals surface area contributed by atoms with Gasteiger partial charge < -0.3 is 28.4 Å². The maximum absolute atomic E-state index is 11.9. The molecule has 1 aromatic carbocycles. The molecule has 0 amide bonds. The van der Waals surface area contributed by atoms with Crippen LogP contribution >= 0.6 is 0 Å². The second-order valence-corrected chi connectivity index (χ2v) is 8.62. The van der Waals surface area contributed by atoms with Crippen molar-refractivity contribution in [2.75, 3.05) is 0 Å². The van der Waals surface area contributed by atoms with Crippen molar-refractivity contribution in [1.29, 1.82) is 0 Å². The Balaban J connectivity index is 1.50. The van der Waals surface area contributed by atoms with Crippen LogP contribution in [0.5, 0.6) is 0 Å². The summed E-state index contributed by atoms with van der Waals surface area (Å²) in [7, 11) is 0. The van der Waals surface area contributed by atoms with Crippen molar-refractivity contribution >= 4 is 5.97 Å². The zero-order chi connectivity index (χ0) is 21.4. The summed E-state index contributed by atoms with van der Waals surface area (Å²) in [5.41, 5.74) is 1.06. The lowest BCUT2D eigenvalue weighted by Crippen LogP contribution is -2.58. The van der Waals surface area contributed by atoms with Crippen LogP contribution in [0.25, 0.3) is 0 Å². The smallest absolute Gasteiger partial charge is 0.303 e. The number of epoxide rings is 1. The number of carbonyl (C=O) groups is 1. The van der Waals surface area contributed by atoms with E-state index in [-0.39, 0.29) is 48.6 Å². The third-order valence-corrected chi connectivity index (χ3v) is 6.32. The lowest BCUT2D eigenvalue weighted by atomic mass is 9.91. The molecule has 0 saturated carbocycles. The Labute approximate surface area is 177 Å². The number of esters is 1. The second-order valence-electron chi connectivity index (χ2n) is 8.62. The Morgan fingerprint density at radius 2 is 1.60 bits per heavy atom. The van der Waals surface area contributed by atoms with E-state index in [2.05, 4.69) is 0 Å². The van der Waals surface area contributed by atoms with Crippen molar-refractivity contribution in [1.82, 2.24) is 0 Å². The maximum Gasteiger partial charge on any atom is 0.303 e. The molecule has 3 saturated heterocycles. The molecule has 7 heteroatoms. The van der Waals surface area contributed by atoms with Crippen molar-refractivity contribution in [3.63, 3.8) is 0 Å². The number of rotatable bonds is 6. The summed E-state index contributed by atoms with van der Waals surface area (Å²) < 4.78 is 36.1. The predicted molar refractivity (Wildman–Crippen MR) is 108 cm³/mol. The summed E-state index contributed by atoms with van der Waals surface area (Å²) in [6.45, 7) is 9.82. The van der Waals surface area contributed by atoms with Gasteiger partial charge in [-0.25, -0.2) is 0 Å². The molecule has 166 valence electrons. The fraction of sp³-hybridized carbons (Fsp3) is 0.696. The lowest BCUT2D eigenvalue weighted by Gasteiger charge is -2.45. The van der Waals surface area contributed by atoms with Crippen molar-refractivity contribution in [2.24, 2.45) is 5.92 Å². The van der Waals surface area contributed by atoms with E-state index in [1.807, 2.05) is 58.0 Å². The van der Waals surface area contributed by atoms with E-state index >= 15 is 0 Å². The van der Waals surface area contributed by atoms with Gasteiger partial charge in [0.05, 0.1) is 24.9 Å². The first-order valence-corrected chi connectivity index (χ1v) is 10.8. The van der Waals surface area contributed by atoms with Crippen molar-refractivity contribution in [2.45, 2.75) is 96.3 Å². The molecule has 0 radical (unpaired) electrons. The molecular formula is C23H32O7. The van der Waals surface area contributed by atoms with E-state index < -0.39 is 18.4 Å². The van der Waals surface area contributed by atoms with Crippen LogP contribution in [0.2, 0.25) is 0 Å². The minimum Gasteiger partial charge on any atom is -0.454 e. The van der Waals surface area contributed by atoms with Crippen LogP contribution in [0.4, 0.5) is 0 Å². The zero-order valence-corrected chi connectivity index (χ0v) is 18.2. The van der Waals surface area contributed by atoms with Crippen molar-refractivity contribution in [3.05, 3.63) is 35.9 Å². The largest absolute Gasteiger partial charge is 0.454 e. The van der Waals surface area contributed by atoms with E-state index in [4.69, 9.17) is 28.4 Å². The van der Waals surface area contributed by atoms with Crippen molar-refractivity contribution < 1.29 is 33.2 Å². The first-order valence-electron chi connectivity index (χ1n) is 10.8. The van der Waals surface area contributed by atoms with Gasteiger partial charge in [-0.15, -0.1) is 0 Å². The highest BCUT2D eigenvalue weighted by atomic mass is 16.7. The summed E-state index contributed by atoms with van der Waals surface area (Å²) in [4.78, 5) is 11.9. The van der Waals surface area contributed by atoms with Crippen LogP contribution < -0.4 is 0 Å². The Morgan fingerprint density at radius 3 is 2.30 bits per heavy atom. The van der Waals surface area contributed by atoms with E-state index in [1.165, 1.54) is 6.92 Å². The minimum atomic E-state index is -0.754. The molecule has 1 aromatic rings. The number of benzene rings is 1. The Kier molecular flexibility index (Phi) is 6.46. The molecule has 3 aliphatic rings. The number of carbonyl (C=O) groups excluding carboxylic acids is 1. The standard InChI is InChI=1S/C23H32O7/c1-12-13(2)27-23(30-20-15(4)26-14(3)19-21(20)29-19)22(28-16(5)24)18(12)25-11-17-9-7-6-8-10-17/h6-10,12-15,18-23H,11H2,1-5H3/t12-,13-,14-,15?,18+,19+,20-,21+,22-,23+/m1/s1. The van der Waals surface area contributed by atoms with Gasteiger partial charge in [0.15, 0.2) is 12.4 Å². The fourth-order valence-corrected chi connectivity index (χ4v) is 4.45. The van der Waals surface area contributed by atoms with Gasteiger partial charge in [-0.1, -0.05) is 37.3 Å². The van der Waals surface area contributed by atoms with Gasteiger partial charge in [0, 0.05) is 12.8 Å². The first-order chi connectivity index (χ1) is 14.3. The monoisotopic (exact) mass is 420 g/mol. The zero-order valence-electron chi connectivity index (χ0n) is 18.2. The van der Waals surface area contributed by atoms with Crippen LogP contribution in [0, 0.1) is 5.92 Å². The van der Waals surface area contributed by atoms with Crippen molar-refractivity contribution in [3.8, 4) is 0 Å². The van der Waals surface area contributed by atoms with Crippen LogP contribution in [0.1, 0.15) is 40.2 Å². The molecule has 0 aliphatic carbocycles. The third kappa shape index (κ3) is 4.55. The summed E-state index contributed by atoms with van der Waals surface area (Å²) in [6, 6.07) is 9.93. The summed E-state index contributed by atoms with van der Waals surface area (Å²) in [6.07, 6.45) is -2.30. The molecule has 10 atom stereocenters. The Morgan fingerprint density at radius 1 is 0.867 bits per heavy atom. The van der Waals surface area contributed by atoms with Gasteiger partial charge in [-0.05, 0) is 26.3 Å². The third-order valence-electron chi connectivity index (χ3n) is 6.32. The molecule has 3 fully saturated rings. The molecule has 1 unspecified atom stereocenters. The van der Waals surface area contributed by atoms with Crippen LogP contribution in [0.15, 0.2) is 30.3 Å². The summed E-state index contributed by atoms with van der Waals surface area (Å²) >= 11 is 0. The Bertz CT molecular complexity index is 724. The van der Waals surface area contributed by atoms with E-state index in [1.54, 1.807) is 0 Å². The highest BCUT2D eigenvalue weighted by molar-refractivity contribution is 5.66. The van der Waals surface area contributed by atoms with E-state index in [0.717, 1.165) is 5.56 Å². The Hall–Kier alpha value is -1.51. The molecule has 3 heterocycles. The number of hydrogen-bond acceptors (Lipinski definition) is 7. The van der Waals surface area contributed by atoms with Crippen LogP contribution in [0.3, 0.4) is 0 Å². The molecule has 0 spiro atoms. The average Bonchev–Trinajstić information content (AvgIpc) is 3.50. The lowest BCUT2D eigenvalue weighted by molar-refractivity contribution is -0.313. The SMILES string of the molecule is CC(=O)O[C@H]1[C@H](O[C@@H]2C(C)O[C@H](C)[C@@H]3O[C@@H]32)O[C@H](C)[C@@H](C)[C@@H]1OCc1ccccc1. The van der Waals surface area contributed by atoms with Gasteiger partial charge in [0.2, 0.25) is 0 Å². The van der Waals surface area contributed by atoms with Gasteiger partial charge >= 0.3 is 5.97 Å². The first kappa shape index (κ1) is 21.7. The molecule has 4 rings (SSSR count). The van der Waals surface area contributed by atoms with Crippen LogP contribution in [-0.4, -0.2) is 61.1 Å². The highest BCUT2D eigenvalue weighted by Gasteiger charge is 2.58. The normalized spacial score (nSPS) is 43.0. The van der Waals surface area contributed by atoms with E-state index in [9.17, 15) is 4.79 Å². The number of ether oxygens (including phenoxy) is 6. The van der Waals surface area contributed by atoms with E-state index in [0.29, 0.717) is 6.61 Å². The number of hydrogen-bond donors (Lipinski definition) is 0. The second kappa shape index (κ2) is 8.93. The predicted octanol–water partition coefficient (Wildman–Crippen LogP) is 2.84. The molecular weight excluding hydrogens is 388 g/mol. The summed E-state index contributed by atoms with van der Waals surface area (Å²) in [5.74, 6) is -0.378. The van der Waals surface area contributed by atoms with Gasteiger partial charge in [-0.2, -0.15) is 0 Å². The average molecular weight is 421 g/mol.